The number of aliphatic hydroxyl groups excluding tert-OH is 1. The Bertz CT molecular complexity index is 1540. The van der Waals surface area contributed by atoms with E-state index in [0.717, 1.165) is 10.8 Å². The van der Waals surface area contributed by atoms with Gasteiger partial charge in [-0.3, -0.25) is 19.5 Å². The molecule has 0 radical (unpaired) electrons. The maximum absolute atomic E-state index is 13.5. The molecule has 1 atom stereocenters. The quantitative estimate of drug-likeness (QED) is 0.167. The summed E-state index contributed by atoms with van der Waals surface area (Å²) in [5.74, 6) is -2.46. The van der Waals surface area contributed by atoms with Crippen molar-refractivity contribution in [2.24, 2.45) is 0 Å². The fraction of sp³-hybridized carbons (Fsp3) is 0.133. The SMILES string of the molecule is CCCOC(=O)c1cccc(N2C(=O)C(=O)/C(=C(\O)c3cccc4ccccc34)C2c2ccccn2)c1. The number of aliphatic hydroxyl groups is 1. The normalized spacial score (nSPS) is 16.8. The van der Waals surface area contributed by atoms with Crippen molar-refractivity contribution in [3.05, 3.63) is 114 Å². The lowest BCUT2D eigenvalue weighted by atomic mass is 9.95. The third-order valence-electron chi connectivity index (χ3n) is 6.25. The highest BCUT2D eigenvalue weighted by molar-refractivity contribution is 6.51. The minimum atomic E-state index is -0.998. The van der Waals surface area contributed by atoms with E-state index in [9.17, 15) is 19.5 Å². The highest BCUT2D eigenvalue weighted by atomic mass is 16.5. The van der Waals surface area contributed by atoms with Gasteiger partial charge < -0.3 is 9.84 Å². The van der Waals surface area contributed by atoms with Gasteiger partial charge in [-0.25, -0.2) is 4.79 Å². The molecule has 1 amide bonds. The van der Waals surface area contributed by atoms with Gasteiger partial charge in [-0.2, -0.15) is 0 Å². The molecular weight excluding hydrogens is 468 g/mol. The number of nitrogens with zero attached hydrogens (tertiary/aromatic N) is 2. The molecule has 1 saturated heterocycles. The molecule has 0 spiro atoms. The summed E-state index contributed by atoms with van der Waals surface area (Å²) >= 11 is 0. The van der Waals surface area contributed by atoms with Crippen molar-refractivity contribution in [3.8, 4) is 0 Å². The van der Waals surface area contributed by atoms with Gasteiger partial charge in [0.1, 0.15) is 11.8 Å². The lowest BCUT2D eigenvalue weighted by Gasteiger charge is -2.25. The monoisotopic (exact) mass is 492 g/mol. The van der Waals surface area contributed by atoms with Gasteiger partial charge in [0.05, 0.1) is 23.4 Å². The van der Waals surface area contributed by atoms with Crippen LogP contribution < -0.4 is 4.90 Å². The van der Waals surface area contributed by atoms with Crippen LogP contribution in [0.4, 0.5) is 5.69 Å². The van der Waals surface area contributed by atoms with Crippen LogP contribution in [-0.4, -0.2) is 34.4 Å². The van der Waals surface area contributed by atoms with Gasteiger partial charge in [0.2, 0.25) is 0 Å². The molecule has 4 aromatic rings. The van der Waals surface area contributed by atoms with Crippen molar-refractivity contribution >= 4 is 39.9 Å². The molecule has 2 heterocycles. The van der Waals surface area contributed by atoms with Crippen LogP contribution in [-0.2, 0) is 14.3 Å². The summed E-state index contributed by atoms with van der Waals surface area (Å²) in [7, 11) is 0. The van der Waals surface area contributed by atoms with Crippen molar-refractivity contribution < 1.29 is 24.2 Å². The Labute approximate surface area is 213 Å². The number of carbonyl (C=O) groups is 3. The Morgan fingerprint density at radius 3 is 2.51 bits per heavy atom. The van der Waals surface area contributed by atoms with E-state index in [-0.39, 0.29) is 23.5 Å². The molecule has 1 aromatic heterocycles. The number of hydrogen-bond donors (Lipinski definition) is 1. The number of ether oxygens (including phenoxy) is 1. The van der Waals surface area contributed by atoms with Crippen LogP contribution in [0.25, 0.3) is 16.5 Å². The number of Topliss-reactive ketones (excluding diaryl/α,β-unsaturated/α-hetero) is 1. The number of aromatic nitrogens is 1. The molecule has 184 valence electrons. The van der Waals surface area contributed by atoms with E-state index in [1.165, 1.54) is 11.0 Å². The third-order valence-corrected chi connectivity index (χ3v) is 6.25. The maximum Gasteiger partial charge on any atom is 0.338 e. The van der Waals surface area contributed by atoms with E-state index in [0.29, 0.717) is 23.4 Å². The van der Waals surface area contributed by atoms with E-state index < -0.39 is 23.7 Å². The molecule has 5 rings (SSSR count). The highest BCUT2D eigenvalue weighted by Gasteiger charge is 2.47. The molecule has 7 heteroatoms. The molecule has 1 unspecified atom stereocenters. The maximum atomic E-state index is 13.5. The number of pyridine rings is 1. The molecule has 1 aliphatic heterocycles. The predicted octanol–water partition coefficient (Wildman–Crippen LogP) is 5.43. The van der Waals surface area contributed by atoms with Crippen LogP contribution in [0.2, 0.25) is 0 Å². The van der Waals surface area contributed by atoms with Crippen molar-refractivity contribution in [1.29, 1.82) is 0 Å². The van der Waals surface area contributed by atoms with Gasteiger partial charge in [-0.15, -0.1) is 0 Å². The van der Waals surface area contributed by atoms with E-state index in [2.05, 4.69) is 4.98 Å². The number of rotatable bonds is 6. The van der Waals surface area contributed by atoms with E-state index in [1.807, 2.05) is 37.3 Å². The molecule has 1 fully saturated rings. The number of fused-ring (bicyclic) bond motifs is 1. The fourth-order valence-corrected chi connectivity index (χ4v) is 4.55. The van der Waals surface area contributed by atoms with Gasteiger partial charge in [-0.05, 0) is 47.5 Å². The number of anilines is 1. The minimum absolute atomic E-state index is 0.0704. The number of ketones is 1. The van der Waals surface area contributed by atoms with E-state index in [1.54, 1.807) is 54.7 Å². The summed E-state index contributed by atoms with van der Waals surface area (Å²) in [5, 5.41) is 13.1. The molecule has 3 aromatic carbocycles. The van der Waals surface area contributed by atoms with Crippen LogP contribution in [0.1, 0.15) is 41.0 Å². The molecule has 0 bridgehead atoms. The lowest BCUT2D eigenvalue weighted by molar-refractivity contribution is -0.132. The number of benzene rings is 3. The first kappa shape index (κ1) is 23.9. The van der Waals surface area contributed by atoms with Gasteiger partial charge in [0, 0.05) is 17.4 Å². The topological polar surface area (TPSA) is 96.8 Å². The molecule has 1 N–H and O–H groups in total. The number of carbonyl (C=O) groups excluding carboxylic acids is 3. The van der Waals surface area contributed by atoms with Crippen molar-refractivity contribution in [2.75, 3.05) is 11.5 Å². The zero-order valence-corrected chi connectivity index (χ0v) is 20.1. The van der Waals surface area contributed by atoms with E-state index in [4.69, 9.17) is 4.74 Å². The summed E-state index contributed by atoms with van der Waals surface area (Å²) < 4.78 is 5.24. The second kappa shape index (κ2) is 10.1. The molecule has 7 nitrogen and oxygen atoms in total. The zero-order valence-electron chi connectivity index (χ0n) is 20.1. The Hall–Kier alpha value is -4.78. The summed E-state index contributed by atoms with van der Waals surface area (Å²) in [6, 6.07) is 23.4. The van der Waals surface area contributed by atoms with Crippen molar-refractivity contribution in [3.63, 3.8) is 0 Å². The average Bonchev–Trinajstić information content (AvgIpc) is 3.21. The molecule has 1 aliphatic rings. The first-order valence-corrected chi connectivity index (χ1v) is 12.0. The second-order valence-electron chi connectivity index (χ2n) is 8.64. The summed E-state index contributed by atoms with van der Waals surface area (Å²) in [6.07, 6.45) is 2.24. The van der Waals surface area contributed by atoms with Crippen molar-refractivity contribution in [1.82, 2.24) is 4.98 Å². The first-order valence-electron chi connectivity index (χ1n) is 12.0. The minimum Gasteiger partial charge on any atom is -0.507 e. The standard InChI is InChI=1S/C30H24N2O5/c1-2-17-37-30(36)20-11-7-12-21(18-20)32-26(24-15-5-6-16-31-24)25(28(34)29(32)35)27(33)23-14-8-10-19-9-3-4-13-22(19)23/h3-16,18,26,33H,2,17H2,1H3/b27-25-. The number of hydrogen-bond acceptors (Lipinski definition) is 6. The van der Waals surface area contributed by atoms with Gasteiger partial charge in [-0.1, -0.05) is 61.5 Å². The Balaban J connectivity index is 1.69. The van der Waals surface area contributed by atoms with Crippen molar-refractivity contribution in [2.45, 2.75) is 19.4 Å². The average molecular weight is 493 g/mol. The van der Waals surface area contributed by atoms with Gasteiger partial charge in [0.25, 0.3) is 11.7 Å². The molecule has 37 heavy (non-hydrogen) atoms. The fourth-order valence-electron chi connectivity index (χ4n) is 4.55. The lowest BCUT2D eigenvalue weighted by Crippen LogP contribution is -2.30. The van der Waals surface area contributed by atoms with E-state index >= 15 is 0 Å². The Morgan fingerprint density at radius 2 is 1.73 bits per heavy atom. The summed E-state index contributed by atoms with van der Waals surface area (Å²) in [4.78, 5) is 45.1. The van der Waals surface area contributed by atoms with Gasteiger partial charge >= 0.3 is 5.97 Å². The second-order valence-corrected chi connectivity index (χ2v) is 8.64. The summed E-state index contributed by atoms with van der Waals surface area (Å²) in [5.41, 5.74) is 1.35. The Kier molecular flexibility index (Phi) is 6.51. The first-order chi connectivity index (χ1) is 18.0. The van der Waals surface area contributed by atoms with Gasteiger partial charge in [0.15, 0.2) is 0 Å². The number of esters is 1. The van der Waals surface area contributed by atoms with Crippen LogP contribution in [0, 0.1) is 0 Å². The smallest absolute Gasteiger partial charge is 0.338 e. The summed E-state index contributed by atoms with van der Waals surface area (Å²) in [6.45, 7) is 2.17. The number of amides is 1. The highest BCUT2D eigenvalue weighted by Crippen LogP contribution is 2.42. The van der Waals surface area contributed by atoms with Crippen LogP contribution in [0.3, 0.4) is 0 Å². The van der Waals surface area contributed by atoms with Crippen LogP contribution >= 0.6 is 0 Å². The Morgan fingerprint density at radius 1 is 0.973 bits per heavy atom. The predicted molar refractivity (Wildman–Crippen MR) is 140 cm³/mol. The largest absolute Gasteiger partial charge is 0.507 e. The van der Waals surface area contributed by atoms with Crippen LogP contribution in [0.15, 0.2) is 96.7 Å². The zero-order chi connectivity index (χ0) is 25.9. The molecule has 0 aliphatic carbocycles. The third kappa shape index (κ3) is 4.36. The molecular formula is C30H24N2O5. The van der Waals surface area contributed by atoms with Crippen LogP contribution in [0.5, 0.6) is 0 Å². The molecule has 0 saturated carbocycles.